The van der Waals surface area contributed by atoms with Crippen LogP contribution in [0.2, 0.25) is 0 Å². The normalized spacial score (nSPS) is 20.1. The number of nitrogens with zero attached hydrogens (tertiary/aromatic N) is 6. The molecule has 1 saturated heterocycles. The lowest BCUT2D eigenvalue weighted by Gasteiger charge is -2.31. The first-order chi connectivity index (χ1) is 33.7. The lowest BCUT2D eigenvalue weighted by atomic mass is 9.90. The van der Waals surface area contributed by atoms with Gasteiger partial charge in [0.15, 0.2) is 0 Å². The number of amides is 6. The standard InChI is InChI=1S/C51H49F3N10O6/c52-51(53,54)35-21-22-56-40(25-35)59-48(68)32-16-14-31(15-17-32)45-44-46-33(27-57-47(44)55)9-4-2-6-23-62(29-42(66)58-36-10-7-11-37(26-36)64(46)61-45)43(67)12-5-1-3-8-30-13-18-38-34(24-30)28-63(50(38)70)39-19-20-41(65)60-49(39)69/h4,9,13-18,21-22,24-25,27,36-37,39H,1-2,5-7,10-12,19-20,23,26,28-29H2,(H2,55,57)(H,58,66)(H,56,59,68)(H,60,65,69)/b9-4+/t36-,37-,39?/m1/s1. The quantitative estimate of drug-likeness (QED) is 0.0783. The van der Waals surface area contributed by atoms with Crippen molar-refractivity contribution in [3.8, 4) is 23.1 Å². The molecule has 2 fully saturated rings. The molecule has 0 radical (unpaired) electrons. The Hall–Kier alpha value is -7.88. The first-order valence-electron chi connectivity index (χ1n) is 23.3. The fourth-order valence-electron chi connectivity index (χ4n) is 9.62. The van der Waals surface area contributed by atoms with E-state index in [0.29, 0.717) is 66.4 Å². The number of piperidine rings is 1. The van der Waals surface area contributed by atoms with Gasteiger partial charge in [0.05, 0.1) is 29.1 Å². The van der Waals surface area contributed by atoms with Crippen LogP contribution in [0.4, 0.5) is 24.8 Å². The number of nitrogens with one attached hydrogen (secondary N) is 3. The number of nitrogens with two attached hydrogens (primary N) is 1. The highest BCUT2D eigenvalue weighted by Crippen LogP contribution is 2.39. The molecule has 9 rings (SSSR count). The van der Waals surface area contributed by atoms with E-state index in [9.17, 15) is 41.9 Å². The molecular formula is C51H49F3N10O6. The highest BCUT2D eigenvalue weighted by atomic mass is 19.4. The lowest BCUT2D eigenvalue weighted by molar-refractivity contribution is -0.138. The Labute approximate surface area is 400 Å². The van der Waals surface area contributed by atoms with E-state index in [4.69, 9.17) is 10.8 Å². The molecule has 3 aromatic heterocycles. The number of rotatable bonds is 7. The van der Waals surface area contributed by atoms with Crippen LogP contribution >= 0.6 is 0 Å². The largest absolute Gasteiger partial charge is 0.416 e. The average Bonchev–Trinajstić information content (AvgIpc) is 3.90. The van der Waals surface area contributed by atoms with Crippen molar-refractivity contribution in [2.75, 3.05) is 24.1 Å². The monoisotopic (exact) mass is 954 g/mol. The van der Waals surface area contributed by atoms with Crippen molar-refractivity contribution in [3.05, 3.63) is 106 Å². The number of pyridine rings is 2. The SMILES string of the molecule is Nc1ncc2c3c1c(-c1ccc(C(=O)Nc4cc(C(F)(F)F)ccn4)cc1)nn3[C@@H]1CCC[C@H](C1)NC(=O)CN(C(=O)CCCC#Cc1ccc3c(c1)CN(C1CCC(=O)NC1=O)C3=O)CCC/C=C/2. The first-order valence-corrected chi connectivity index (χ1v) is 23.3. The van der Waals surface area contributed by atoms with E-state index in [1.807, 2.05) is 22.9 Å². The zero-order valence-electron chi connectivity index (χ0n) is 38.0. The van der Waals surface area contributed by atoms with Crippen LogP contribution in [0.15, 0.2) is 73.1 Å². The van der Waals surface area contributed by atoms with E-state index < -0.39 is 29.6 Å². The van der Waals surface area contributed by atoms with Crippen LogP contribution in [0, 0.1) is 11.8 Å². The molecule has 19 heteroatoms. The summed E-state index contributed by atoms with van der Waals surface area (Å²) in [5.74, 6) is 4.19. The van der Waals surface area contributed by atoms with Crippen molar-refractivity contribution < 1.29 is 41.9 Å². The van der Waals surface area contributed by atoms with Gasteiger partial charge in [-0.3, -0.25) is 38.8 Å². The number of hydrogen-bond donors (Lipinski definition) is 4. The highest BCUT2D eigenvalue weighted by molar-refractivity contribution is 6.07. The number of unbranched alkanes of at least 4 members (excludes halogenated alkanes) is 1. The summed E-state index contributed by atoms with van der Waals surface area (Å²) < 4.78 is 41.7. The predicted molar refractivity (Wildman–Crippen MR) is 252 cm³/mol. The summed E-state index contributed by atoms with van der Waals surface area (Å²) in [6.45, 7) is 0.532. The third-order valence-electron chi connectivity index (χ3n) is 13.1. The number of hydrogen-bond acceptors (Lipinski definition) is 10. The molecule has 1 saturated carbocycles. The van der Waals surface area contributed by atoms with Crippen molar-refractivity contribution >= 4 is 64.1 Å². The Morgan fingerprint density at radius 2 is 1.77 bits per heavy atom. The zero-order valence-corrected chi connectivity index (χ0v) is 38.0. The summed E-state index contributed by atoms with van der Waals surface area (Å²) in [7, 11) is 0. The van der Waals surface area contributed by atoms with Gasteiger partial charge in [-0.15, -0.1) is 0 Å². The van der Waals surface area contributed by atoms with Crippen LogP contribution in [0.25, 0.3) is 28.2 Å². The van der Waals surface area contributed by atoms with Gasteiger partial charge in [0.25, 0.3) is 11.8 Å². The van der Waals surface area contributed by atoms with Crippen LogP contribution in [0.1, 0.15) is 120 Å². The third-order valence-corrected chi connectivity index (χ3v) is 13.1. The van der Waals surface area contributed by atoms with Crippen LogP contribution in [-0.4, -0.2) is 90.2 Å². The minimum absolute atomic E-state index is 0.0829. The number of allylic oxidation sites excluding steroid dienone is 1. The van der Waals surface area contributed by atoms with Crippen LogP contribution in [0.5, 0.6) is 0 Å². The molecular weight excluding hydrogens is 906 g/mol. The highest BCUT2D eigenvalue weighted by Gasteiger charge is 2.39. The number of nitrogen functional groups attached to an aromatic ring is 1. The summed E-state index contributed by atoms with van der Waals surface area (Å²) in [4.78, 5) is 89.0. The van der Waals surface area contributed by atoms with Crippen LogP contribution < -0.4 is 21.7 Å². The van der Waals surface area contributed by atoms with Gasteiger partial charge in [-0.1, -0.05) is 36.1 Å². The molecule has 2 bridgehead atoms. The molecule has 6 heterocycles. The van der Waals surface area contributed by atoms with Gasteiger partial charge >= 0.3 is 6.18 Å². The molecule has 360 valence electrons. The number of fused-ring (bicyclic) bond motifs is 4. The number of alkyl halides is 3. The van der Waals surface area contributed by atoms with E-state index in [2.05, 4.69) is 37.8 Å². The van der Waals surface area contributed by atoms with E-state index >= 15 is 0 Å². The molecule has 1 aliphatic carbocycles. The van der Waals surface area contributed by atoms with Crippen LogP contribution in [-0.2, 0) is 31.9 Å². The Balaban J connectivity index is 0.860. The third kappa shape index (κ3) is 10.3. The smallest absolute Gasteiger partial charge is 0.383 e. The molecule has 4 aliphatic rings. The molecule has 2 aromatic carbocycles. The number of aromatic nitrogens is 4. The first kappa shape index (κ1) is 47.2. The van der Waals surface area contributed by atoms with Crippen molar-refractivity contribution in [2.24, 2.45) is 0 Å². The maximum absolute atomic E-state index is 13.6. The van der Waals surface area contributed by atoms with Crippen molar-refractivity contribution in [1.29, 1.82) is 0 Å². The molecule has 3 atom stereocenters. The molecule has 1 unspecified atom stereocenters. The maximum Gasteiger partial charge on any atom is 0.416 e. The second-order valence-electron chi connectivity index (χ2n) is 17.9. The van der Waals surface area contributed by atoms with Gasteiger partial charge < -0.3 is 26.2 Å². The zero-order chi connectivity index (χ0) is 49.1. The Morgan fingerprint density at radius 3 is 2.57 bits per heavy atom. The number of halogens is 3. The summed E-state index contributed by atoms with van der Waals surface area (Å²) in [6, 6.07) is 12.4. The Kier molecular flexibility index (Phi) is 13.5. The van der Waals surface area contributed by atoms with E-state index in [0.717, 1.165) is 54.2 Å². The van der Waals surface area contributed by atoms with Crippen molar-refractivity contribution in [3.63, 3.8) is 0 Å². The van der Waals surface area contributed by atoms with E-state index in [1.54, 1.807) is 47.5 Å². The van der Waals surface area contributed by atoms with Gasteiger partial charge in [0.2, 0.25) is 23.6 Å². The Bertz CT molecular complexity index is 3010. The number of anilines is 2. The summed E-state index contributed by atoms with van der Waals surface area (Å²) in [6.07, 6.45) is 7.71. The molecule has 5 N–H and O–H groups in total. The molecule has 6 amide bonds. The number of carbonyl (C=O) groups excluding carboxylic acids is 6. The maximum atomic E-state index is 13.6. The fraction of sp³-hybridized carbons (Fsp3) is 0.353. The van der Waals surface area contributed by atoms with Gasteiger partial charge in [-0.25, -0.2) is 9.97 Å². The minimum atomic E-state index is -4.59. The molecule has 5 aromatic rings. The average molecular weight is 955 g/mol. The Morgan fingerprint density at radius 1 is 0.943 bits per heavy atom. The minimum Gasteiger partial charge on any atom is -0.383 e. The van der Waals surface area contributed by atoms with Crippen molar-refractivity contribution in [1.82, 2.24) is 40.2 Å². The van der Waals surface area contributed by atoms with E-state index in [-0.39, 0.29) is 85.3 Å². The van der Waals surface area contributed by atoms with Gasteiger partial charge in [-0.05, 0) is 99.4 Å². The fourth-order valence-corrected chi connectivity index (χ4v) is 9.62. The van der Waals surface area contributed by atoms with Crippen molar-refractivity contribution in [2.45, 2.75) is 101 Å². The summed E-state index contributed by atoms with van der Waals surface area (Å²) in [5.41, 5.74) is 10.6. The lowest BCUT2D eigenvalue weighted by Crippen LogP contribution is -2.52. The second-order valence-corrected chi connectivity index (χ2v) is 17.9. The molecule has 0 spiro atoms. The molecule has 70 heavy (non-hydrogen) atoms. The predicted octanol–water partition coefficient (Wildman–Crippen LogP) is 6.57. The molecule has 16 nitrogen and oxygen atoms in total. The topological polar surface area (TPSA) is 215 Å². The van der Waals surface area contributed by atoms with Gasteiger partial charge in [0.1, 0.15) is 23.4 Å². The van der Waals surface area contributed by atoms with Gasteiger partial charge in [0, 0.05) is 78.6 Å². The number of carbonyl (C=O) groups is 6. The second kappa shape index (κ2) is 20.0. The summed E-state index contributed by atoms with van der Waals surface area (Å²) >= 11 is 0. The van der Waals surface area contributed by atoms with E-state index in [1.165, 1.54) is 4.90 Å². The van der Waals surface area contributed by atoms with Gasteiger partial charge in [-0.2, -0.15) is 18.3 Å². The molecule has 3 aliphatic heterocycles. The number of benzene rings is 2. The number of imide groups is 1. The summed E-state index contributed by atoms with van der Waals surface area (Å²) in [5, 5.41) is 13.7. The van der Waals surface area contributed by atoms with Crippen LogP contribution in [0.3, 0.4) is 0 Å².